The van der Waals surface area contributed by atoms with Crippen LogP contribution in [0.15, 0.2) is 36.4 Å². The van der Waals surface area contributed by atoms with E-state index in [0.29, 0.717) is 11.4 Å². The molecule has 5 nitrogen and oxygen atoms in total. The first-order valence-corrected chi connectivity index (χ1v) is 14.1. The van der Waals surface area contributed by atoms with Crippen molar-refractivity contribution in [3.63, 3.8) is 0 Å². The maximum Gasteiger partial charge on any atom is 0.182 e. The third-order valence-electron chi connectivity index (χ3n) is 7.43. The molecule has 208 valence electrons. The Morgan fingerprint density at radius 3 is 2.21 bits per heavy atom. The maximum atomic E-state index is 13.7. The van der Waals surface area contributed by atoms with Gasteiger partial charge in [-0.3, -0.25) is 10.2 Å². The van der Waals surface area contributed by atoms with Gasteiger partial charge in [0.05, 0.1) is 18.5 Å². The Balaban J connectivity index is 1.87. The summed E-state index contributed by atoms with van der Waals surface area (Å²) in [6.07, 6.45) is 3.72. The van der Waals surface area contributed by atoms with Crippen molar-refractivity contribution in [1.29, 1.82) is 5.41 Å². The van der Waals surface area contributed by atoms with Gasteiger partial charge in [0.1, 0.15) is 11.5 Å². The van der Waals surface area contributed by atoms with Crippen molar-refractivity contribution in [2.75, 3.05) is 6.54 Å². The molecule has 0 bridgehead atoms. The highest BCUT2D eigenvalue weighted by molar-refractivity contribution is 6.01. The van der Waals surface area contributed by atoms with Crippen molar-refractivity contribution >= 4 is 11.6 Å². The number of Topliss-reactive ketones (excluding diaryl/α,β-unsaturated/α-hetero) is 1. The number of nitrogens with one attached hydrogen (secondary N) is 1. The van der Waals surface area contributed by atoms with Gasteiger partial charge in [-0.25, -0.2) is 0 Å². The van der Waals surface area contributed by atoms with Gasteiger partial charge in [0, 0.05) is 28.7 Å². The second-order valence-corrected chi connectivity index (χ2v) is 13.2. The molecule has 1 saturated heterocycles. The fourth-order valence-corrected chi connectivity index (χ4v) is 5.49. The molecule has 2 N–H and O–H groups in total. The average Bonchev–Trinajstić information content (AvgIpc) is 3.06. The number of carbonyl (C=O) groups is 1. The van der Waals surface area contributed by atoms with Crippen LogP contribution in [-0.2, 0) is 17.3 Å². The van der Waals surface area contributed by atoms with E-state index in [1.54, 1.807) is 0 Å². The van der Waals surface area contributed by atoms with E-state index >= 15 is 0 Å². The Hall–Kier alpha value is -2.82. The van der Waals surface area contributed by atoms with Gasteiger partial charge in [-0.2, -0.15) is 0 Å². The van der Waals surface area contributed by atoms with Gasteiger partial charge in [0.2, 0.25) is 0 Å². The summed E-state index contributed by atoms with van der Waals surface area (Å²) in [7, 11) is 0. The number of hydrogen-bond donors (Lipinski definition) is 2. The van der Waals surface area contributed by atoms with Gasteiger partial charge < -0.3 is 14.7 Å². The smallest absolute Gasteiger partial charge is 0.182 e. The summed E-state index contributed by atoms with van der Waals surface area (Å²) in [6.45, 7) is 18.7. The van der Waals surface area contributed by atoms with Gasteiger partial charge in [-0.05, 0) is 73.8 Å². The molecule has 1 fully saturated rings. The largest absolute Gasteiger partial charge is 0.507 e. The highest BCUT2D eigenvalue weighted by Crippen LogP contribution is 2.40. The summed E-state index contributed by atoms with van der Waals surface area (Å²) in [6, 6.07) is 12.1. The number of rotatable bonds is 9. The molecule has 1 aliphatic heterocycles. The van der Waals surface area contributed by atoms with Crippen LogP contribution in [0.2, 0.25) is 0 Å². The average molecular weight is 521 g/mol. The first-order valence-electron chi connectivity index (χ1n) is 14.1. The van der Waals surface area contributed by atoms with Crippen molar-refractivity contribution in [2.24, 2.45) is 5.92 Å². The first-order chi connectivity index (χ1) is 17.6. The normalized spacial score (nSPS) is 18.4. The highest BCUT2D eigenvalue weighted by Gasteiger charge is 2.37. The standard InChI is InChI=1S/C33H48N2O3/c1-10-12-25-17-24(15-22-13-11-14-26(16-22)38-21(2)3)31(34)35(25)20-29(36)23-18-27(32(4,5)6)30(37)28(19-23)33(7,8)9/h11,13-14,16,18-19,21,24-25,34,37H,10,12,15,17,20H2,1-9H3/t24-,25+/m0/s1. The zero-order valence-corrected chi connectivity index (χ0v) is 24.9. The van der Waals surface area contributed by atoms with E-state index in [2.05, 4.69) is 60.6 Å². The first kappa shape index (κ1) is 29.7. The summed E-state index contributed by atoms with van der Waals surface area (Å²) in [5.74, 6) is 1.76. The summed E-state index contributed by atoms with van der Waals surface area (Å²) in [4.78, 5) is 15.8. The van der Waals surface area contributed by atoms with Crippen LogP contribution >= 0.6 is 0 Å². The maximum absolute atomic E-state index is 13.7. The van der Waals surface area contributed by atoms with Crippen molar-refractivity contribution in [3.8, 4) is 11.5 Å². The minimum absolute atomic E-state index is 0.000154. The predicted molar refractivity (Wildman–Crippen MR) is 157 cm³/mol. The minimum Gasteiger partial charge on any atom is -0.507 e. The lowest BCUT2D eigenvalue weighted by Gasteiger charge is -2.29. The lowest BCUT2D eigenvalue weighted by Crippen LogP contribution is -2.38. The quantitative estimate of drug-likeness (QED) is 0.333. The molecule has 0 unspecified atom stereocenters. The molecule has 0 saturated carbocycles. The van der Waals surface area contributed by atoms with Gasteiger partial charge in [-0.15, -0.1) is 0 Å². The van der Waals surface area contributed by atoms with Crippen LogP contribution in [0.4, 0.5) is 0 Å². The monoisotopic (exact) mass is 520 g/mol. The molecule has 1 heterocycles. The van der Waals surface area contributed by atoms with Crippen LogP contribution in [-0.4, -0.2) is 40.3 Å². The van der Waals surface area contributed by atoms with Crippen molar-refractivity contribution in [1.82, 2.24) is 4.90 Å². The van der Waals surface area contributed by atoms with E-state index in [9.17, 15) is 9.90 Å². The molecular formula is C33H48N2O3. The Morgan fingerprint density at radius 1 is 1.08 bits per heavy atom. The lowest BCUT2D eigenvalue weighted by atomic mass is 9.78. The van der Waals surface area contributed by atoms with E-state index in [4.69, 9.17) is 10.1 Å². The second-order valence-electron chi connectivity index (χ2n) is 13.2. The van der Waals surface area contributed by atoms with E-state index < -0.39 is 0 Å². The Morgan fingerprint density at radius 2 is 1.68 bits per heavy atom. The Labute approximate surface area is 230 Å². The third-order valence-corrected chi connectivity index (χ3v) is 7.43. The van der Waals surface area contributed by atoms with Crippen LogP contribution in [0.3, 0.4) is 0 Å². The molecule has 1 aliphatic rings. The van der Waals surface area contributed by atoms with Crippen LogP contribution in [0.25, 0.3) is 0 Å². The van der Waals surface area contributed by atoms with Crippen LogP contribution in [0, 0.1) is 11.3 Å². The molecule has 0 aliphatic carbocycles. The molecule has 2 aromatic rings. The number of phenolic OH excluding ortho intramolecular Hbond substituents is 1. The third kappa shape index (κ3) is 6.98. The van der Waals surface area contributed by atoms with E-state index in [0.717, 1.165) is 48.1 Å². The summed E-state index contributed by atoms with van der Waals surface area (Å²) in [5, 5.41) is 20.1. The Kier molecular flexibility index (Phi) is 9.00. The lowest BCUT2D eigenvalue weighted by molar-refractivity contribution is 0.0950. The van der Waals surface area contributed by atoms with Gasteiger partial charge in [0.25, 0.3) is 0 Å². The topological polar surface area (TPSA) is 73.6 Å². The molecule has 0 radical (unpaired) electrons. The number of hydrogen-bond acceptors (Lipinski definition) is 4. The molecule has 0 spiro atoms. The molecule has 0 amide bonds. The van der Waals surface area contributed by atoms with Crippen molar-refractivity contribution in [3.05, 3.63) is 58.7 Å². The highest BCUT2D eigenvalue weighted by atomic mass is 16.5. The fourth-order valence-electron chi connectivity index (χ4n) is 5.49. The SMILES string of the molecule is CCC[C@@H]1C[C@H](Cc2cccc(OC(C)C)c2)C(=N)N1CC(=O)c1cc(C(C)(C)C)c(O)c(C(C)(C)C)c1. The summed E-state index contributed by atoms with van der Waals surface area (Å²) in [5.41, 5.74) is 2.74. The van der Waals surface area contributed by atoms with Crippen molar-refractivity contribution < 1.29 is 14.6 Å². The molecule has 2 aromatic carbocycles. The number of ketones is 1. The molecule has 3 rings (SSSR count). The van der Waals surface area contributed by atoms with Gasteiger partial charge >= 0.3 is 0 Å². The molecule has 38 heavy (non-hydrogen) atoms. The van der Waals surface area contributed by atoms with E-state index in [1.807, 2.05) is 43.0 Å². The zero-order chi connectivity index (χ0) is 28.4. The number of aromatic hydroxyl groups is 1. The number of benzene rings is 2. The predicted octanol–water partition coefficient (Wildman–Crippen LogP) is 7.67. The zero-order valence-electron chi connectivity index (χ0n) is 24.9. The van der Waals surface area contributed by atoms with Crippen molar-refractivity contribution in [2.45, 2.75) is 111 Å². The molecular weight excluding hydrogens is 472 g/mol. The number of phenols is 1. The molecule has 0 aromatic heterocycles. The van der Waals surface area contributed by atoms with E-state index in [-0.39, 0.29) is 47.0 Å². The number of amidine groups is 1. The van der Waals surface area contributed by atoms with Crippen LogP contribution < -0.4 is 4.74 Å². The second kappa shape index (κ2) is 11.5. The van der Waals surface area contributed by atoms with E-state index in [1.165, 1.54) is 0 Å². The minimum atomic E-state index is -0.301. The number of likely N-dealkylation sites (tertiary alicyclic amines) is 1. The van der Waals surface area contributed by atoms with Gasteiger partial charge in [-0.1, -0.05) is 67.0 Å². The number of ether oxygens (including phenoxy) is 1. The molecule has 5 heteroatoms. The number of carbonyl (C=O) groups excluding carboxylic acids is 1. The van der Waals surface area contributed by atoms with Crippen LogP contribution in [0.1, 0.15) is 109 Å². The summed E-state index contributed by atoms with van der Waals surface area (Å²) >= 11 is 0. The van der Waals surface area contributed by atoms with Gasteiger partial charge in [0.15, 0.2) is 5.78 Å². The fraction of sp³-hybridized carbons (Fsp3) is 0.576. The summed E-state index contributed by atoms with van der Waals surface area (Å²) < 4.78 is 5.88. The number of nitrogens with zero attached hydrogens (tertiary/aromatic N) is 1. The Bertz CT molecular complexity index is 1120. The molecule has 2 atom stereocenters. The van der Waals surface area contributed by atoms with Crippen LogP contribution in [0.5, 0.6) is 11.5 Å².